The van der Waals surface area contributed by atoms with Gasteiger partial charge in [-0.25, -0.2) is 0 Å². The molecule has 1 aromatic rings. The Balaban J connectivity index is 2.11. The van der Waals surface area contributed by atoms with Gasteiger partial charge in [-0.15, -0.1) is 0 Å². The van der Waals surface area contributed by atoms with E-state index in [0.29, 0.717) is 18.9 Å². The van der Waals surface area contributed by atoms with Crippen LogP contribution in [0.1, 0.15) is 38.8 Å². The molecule has 112 valence electrons. The van der Waals surface area contributed by atoms with E-state index < -0.39 is 0 Å². The summed E-state index contributed by atoms with van der Waals surface area (Å²) in [7, 11) is 2.01. The Hall–Kier alpha value is -1.26. The third kappa shape index (κ3) is 3.25. The van der Waals surface area contributed by atoms with Crippen LogP contribution in [0.4, 0.5) is 0 Å². The number of fused-ring (bicyclic) bond motifs is 1. The molecule has 0 radical (unpaired) electrons. The predicted octanol–water partition coefficient (Wildman–Crippen LogP) is 2.80. The number of nitrogens with one attached hydrogen (secondary N) is 1. The molecule has 1 aliphatic heterocycles. The average molecular weight is 278 g/mol. The van der Waals surface area contributed by atoms with E-state index in [1.165, 1.54) is 12.0 Å². The standard InChI is InChI=1S/C16H26N2O2/c1-5-12(3)18(6-2)10-14(17-4)13-7-8-15-16(9-13)20-11-19-15/h7-9,12,14,17H,5-6,10-11H2,1-4H3. The average Bonchev–Trinajstić information content (AvgIpc) is 2.95. The molecule has 0 fully saturated rings. The number of ether oxygens (including phenoxy) is 2. The SMILES string of the molecule is CCC(C)N(CC)CC(NC)c1ccc2c(c1)OCO2. The fraction of sp³-hybridized carbons (Fsp3) is 0.625. The van der Waals surface area contributed by atoms with Crippen molar-refractivity contribution in [3.8, 4) is 11.5 Å². The van der Waals surface area contributed by atoms with Gasteiger partial charge in [0.05, 0.1) is 0 Å². The van der Waals surface area contributed by atoms with Crippen molar-refractivity contribution in [3.05, 3.63) is 23.8 Å². The quantitative estimate of drug-likeness (QED) is 0.831. The van der Waals surface area contributed by atoms with Gasteiger partial charge in [-0.1, -0.05) is 19.9 Å². The summed E-state index contributed by atoms with van der Waals surface area (Å²) in [4.78, 5) is 2.51. The molecule has 20 heavy (non-hydrogen) atoms. The molecule has 0 saturated carbocycles. The molecule has 0 aromatic heterocycles. The van der Waals surface area contributed by atoms with E-state index in [1.807, 2.05) is 13.1 Å². The minimum Gasteiger partial charge on any atom is -0.454 e. The molecule has 1 heterocycles. The van der Waals surface area contributed by atoms with Gasteiger partial charge in [0.25, 0.3) is 0 Å². The van der Waals surface area contributed by atoms with Crippen LogP contribution in [-0.2, 0) is 0 Å². The van der Waals surface area contributed by atoms with E-state index in [-0.39, 0.29) is 0 Å². The van der Waals surface area contributed by atoms with E-state index in [0.717, 1.165) is 24.6 Å². The maximum Gasteiger partial charge on any atom is 0.231 e. The minimum atomic E-state index is 0.304. The van der Waals surface area contributed by atoms with Crippen LogP contribution in [0.15, 0.2) is 18.2 Å². The topological polar surface area (TPSA) is 33.7 Å². The lowest BCUT2D eigenvalue weighted by Gasteiger charge is -2.31. The largest absolute Gasteiger partial charge is 0.454 e. The first-order valence-corrected chi connectivity index (χ1v) is 7.50. The molecule has 2 rings (SSSR count). The van der Waals surface area contributed by atoms with Crippen molar-refractivity contribution in [3.63, 3.8) is 0 Å². The minimum absolute atomic E-state index is 0.304. The van der Waals surface area contributed by atoms with Gasteiger partial charge in [-0.3, -0.25) is 4.90 Å². The van der Waals surface area contributed by atoms with Crippen LogP contribution in [0, 0.1) is 0 Å². The van der Waals surface area contributed by atoms with Crippen molar-refractivity contribution < 1.29 is 9.47 Å². The molecule has 4 heteroatoms. The van der Waals surface area contributed by atoms with Gasteiger partial charge in [0, 0.05) is 18.6 Å². The van der Waals surface area contributed by atoms with Crippen LogP contribution < -0.4 is 14.8 Å². The van der Waals surface area contributed by atoms with Crippen molar-refractivity contribution >= 4 is 0 Å². The number of rotatable bonds is 7. The highest BCUT2D eigenvalue weighted by Crippen LogP contribution is 2.34. The summed E-state index contributed by atoms with van der Waals surface area (Å²) in [6, 6.07) is 7.12. The molecule has 2 unspecified atom stereocenters. The first-order valence-electron chi connectivity index (χ1n) is 7.50. The third-order valence-electron chi connectivity index (χ3n) is 4.18. The Bertz CT molecular complexity index is 436. The summed E-state index contributed by atoms with van der Waals surface area (Å²) in [5, 5.41) is 3.42. The smallest absolute Gasteiger partial charge is 0.231 e. The summed E-state index contributed by atoms with van der Waals surface area (Å²) in [5.41, 5.74) is 1.25. The second kappa shape index (κ2) is 6.95. The highest BCUT2D eigenvalue weighted by atomic mass is 16.7. The summed E-state index contributed by atoms with van der Waals surface area (Å²) in [6.07, 6.45) is 1.17. The van der Waals surface area contributed by atoms with Gasteiger partial charge in [0.2, 0.25) is 6.79 Å². The highest BCUT2D eigenvalue weighted by molar-refractivity contribution is 5.45. The summed E-state index contributed by atoms with van der Waals surface area (Å²) >= 11 is 0. The number of hydrogen-bond donors (Lipinski definition) is 1. The van der Waals surface area contributed by atoms with E-state index in [1.54, 1.807) is 0 Å². The normalized spacial score (nSPS) is 16.4. The van der Waals surface area contributed by atoms with Crippen molar-refractivity contribution in [2.24, 2.45) is 0 Å². The van der Waals surface area contributed by atoms with Crippen LogP contribution >= 0.6 is 0 Å². The fourth-order valence-electron chi connectivity index (χ4n) is 2.61. The van der Waals surface area contributed by atoms with E-state index in [9.17, 15) is 0 Å². The third-order valence-corrected chi connectivity index (χ3v) is 4.18. The zero-order valence-electron chi connectivity index (χ0n) is 13.0. The maximum absolute atomic E-state index is 5.47. The Morgan fingerprint density at radius 2 is 2.00 bits per heavy atom. The van der Waals surface area contributed by atoms with Crippen molar-refractivity contribution in [2.45, 2.75) is 39.3 Å². The molecule has 0 bridgehead atoms. The molecular weight excluding hydrogens is 252 g/mol. The first kappa shape index (κ1) is 15.1. The molecule has 1 N–H and O–H groups in total. The first-order chi connectivity index (χ1) is 9.69. The zero-order valence-corrected chi connectivity index (χ0v) is 13.0. The Labute approximate surface area is 122 Å². The zero-order chi connectivity index (χ0) is 14.5. The van der Waals surface area contributed by atoms with Crippen LogP contribution in [0.5, 0.6) is 11.5 Å². The number of hydrogen-bond acceptors (Lipinski definition) is 4. The van der Waals surface area contributed by atoms with Gasteiger partial charge in [0.15, 0.2) is 11.5 Å². The van der Waals surface area contributed by atoms with Crippen LogP contribution in [0.3, 0.4) is 0 Å². The van der Waals surface area contributed by atoms with Crippen molar-refractivity contribution in [1.82, 2.24) is 10.2 Å². The monoisotopic (exact) mass is 278 g/mol. The second-order valence-electron chi connectivity index (χ2n) is 5.30. The van der Waals surface area contributed by atoms with Gasteiger partial charge < -0.3 is 14.8 Å². The highest BCUT2D eigenvalue weighted by Gasteiger charge is 2.20. The number of likely N-dealkylation sites (N-methyl/N-ethyl adjacent to an activating group) is 2. The predicted molar refractivity (Wildman–Crippen MR) is 81.4 cm³/mol. The molecule has 0 saturated heterocycles. The lowest BCUT2D eigenvalue weighted by atomic mass is 10.0. The summed E-state index contributed by atoms with van der Waals surface area (Å²) in [5.74, 6) is 1.70. The Morgan fingerprint density at radius 1 is 1.25 bits per heavy atom. The fourth-order valence-corrected chi connectivity index (χ4v) is 2.61. The van der Waals surface area contributed by atoms with Crippen LogP contribution in [-0.4, -0.2) is 37.9 Å². The lowest BCUT2D eigenvalue weighted by Crippen LogP contribution is -2.39. The lowest BCUT2D eigenvalue weighted by molar-refractivity contribution is 0.173. The summed E-state index contributed by atoms with van der Waals surface area (Å²) in [6.45, 7) is 9.15. The van der Waals surface area contributed by atoms with Crippen LogP contribution in [0.2, 0.25) is 0 Å². The summed E-state index contributed by atoms with van der Waals surface area (Å²) < 4.78 is 10.8. The van der Waals surface area contributed by atoms with E-state index >= 15 is 0 Å². The van der Waals surface area contributed by atoms with Gasteiger partial charge >= 0.3 is 0 Å². The van der Waals surface area contributed by atoms with Gasteiger partial charge in [0.1, 0.15) is 0 Å². The van der Waals surface area contributed by atoms with Crippen molar-refractivity contribution in [1.29, 1.82) is 0 Å². The Kier molecular flexibility index (Phi) is 5.26. The van der Waals surface area contributed by atoms with Gasteiger partial charge in [-0.2, -0.15) is 0 Å². The molecule has 2 atom stereocenters. The Morgan fingerprint density at radius 3 is 2.65 bits per heavy atom. The molecule has 0 spiro atoms. The maximum atomic E-state index is 5.47. The number of benzene rings is 1. The molecular formula is C16H26N2O2. The van der Waals surface area contributed by atoms with Gasteiger partial charge in [-0.05, 0) is 44.6 Å². The second-order valence-corrected chi connectivity index (χ2v) is 5.30. The number of nitrogens with zero attached hydrogens (tertiary/aromatic N) is 1. The molecule has 1 aliphatic rings. The van der Waals surface area contributed by atoms with Crippen molar-refractivity contribution in [2.75, 3.05) is 26.9 Å². The molecule has 0 amide bonds. The van der Waals surface area contributed by atoms with E-state index in [2.05, 4.69) is 43.1 Å². The molecule has 4 nitrogen and oxygen atoms in total. The molecule has 1 aromatic carbocycles. The molecule has 0 aliphatic carbocycles. The van der Waals surface area contributed by atoms with Crippen LogP contribution in [0.25, 0.3) is 0 Å². The van der Waals surface area contributed by atoms with E-state index in [4.69, 9.17) is 9.47 Å².